The predicted octanol–water partition coefficient (Wildman–Crippen LogP) is -0.457. The van der Waals surface area contributed by atoms with Gasteiger partial charge in [0.25, 0.3) is 0 Å². The van der Waals surface area contributed by atoms with Crippen molar-refractivity contribution in [3.05, 3.63) is 0 Å². The normalized spacial score (nSPS) is 17.7. The summed E-state index contributed by atoms with van der Waals surface area (Å²) in [6, 6.07) is 0. The van der Waals surface area contributed by atoms with Gasteiger partial charge in [0.1, 0.15) is 0 Å². The summed E-state index contributed by atoms with van der Waals surface area (Å²) in [5, 5.41) is 7.96. The molecule has 0 atom stereocenters. The van der Waals surface area contributed by atoms with E-state index in [9.17, 15) is 13.2 Å². The smallest absolute Gasteiger partial charge is 0.304 e. The van der Waals surface area contributed by atoms with Crippen LogP contribution in [0.2, 0.25) is 0 Å². The van der Waals surface area contributed by atoms with E-state index in [0.29, 0.717) is 12.8 Å². The molecule has 70 valence electrons. The third-order valence-electron chi connectivity index (χ3n) is 1.61. The first-order valence-corrected chi connectivity index (χ1v) is 5.27. The highest BCUT2D eigenvalue weighted by Crippen LogP contribution is 2.27. The van der Waals surface area contributed by atoms with Crippen LogP contribution in [0.4, 0.5) is 0 Å². The topological polar surface area (TPSA) is 83.5 Å². The van der Waals surface area contributed by atoms with E-state index >= 15 is 0 Å². The Morgan fingerprint density at radius 2 is 2.08 bits per heavy atom. The van der Waals surface area contributed by atoms with Gasteiger partial charge < -0.3 is 5.11 Å². The van der Waals surface area contributed by atoms with Gasteiger partial charge in [-0.2, -0.15) is 0 Å². The fourth-order valence-corrected chi connectivity index (χ4v) is 2.18. The van der Waals surface area contributed by atoms with Gasteiger partial charge in [-0.1, -0.05) is 0 Å². The molecule has 1 aliphatic carbocycles. The summed E-state index contributed by atoms with van der Waals surface area (Å²) in [6.07, 6.45) is 1.23. The summed E-state index contributed by atoms with van der Waals surface area (Å²) in [5.41, 5.74) is 0. The molecule has 1 rings (SSSR count). The molecule has 1 fully saturated rings. The zero-order chi connectivity index (χ0) is 9.19. The first-order chi connectivity index (χ1) is 5.52. The Kier molecular flexibility index (Phi) is 2.69. The molecule has 0 saturated heterocycles. The zero-order valence-corrected chi connectivity index (χ0v) is 7.30. The average Bonchev–Trinajstić information content (AvgIpc) is 2.65. The van der Waals surface area contributed by atoms with Crippen molar-refractivity contribution < 1.29 is 18.3 Å². The molecule has 1 aliphatic rings. The molecule has 1 saturated carbocycles. The molecular formula is C6H11NO4S. The molecule has 0 aliphatic heterocycles. The molecule has 0 amide bonds. The van der Waals surface area contributed by atoms with Gasteiger partial charge in [0.2, 0.25) is 10.0 Å². The number of rotatable bonds is 5. The number of carboxylic acid groups (broad SMARTS) is 1. The summed E-state index contributed by atoms with van der Waals surface area (Å²) in [4.78, 5) is 10.0. The van der Waals surface area contributed by atoms with Crippen LogP contribution >= 0.6 is 0 Å². The van der Waals surface area contributed by atoms with Gasteiger partial charge in [0.05, 0.1) is 11.7 Å². The lowest BCUT2D eigenvalue weighted by atomic mass is 10.5. The number of carboxylic acids is 1. The number of nitrogens with one attached hydrogen (secondary N) is 1. The lowest BCUT2D eigenvalue weighted by molar-refractivity contribution is -0.136. The minimum Gasteiger partial charge on any atom is -0.481 e. The summed E-state index contributed by atoms with van der Waals surface area (Å²) < 4.78 is 24.4. The fourth-order valence-electron chi connectivity index (χ4n) is 0.796. The van der Waals surface area contributed by atoms with Crippen molar-refractivity contribution >= 4 is 16.0 Å². The number of carbonyl (C=O) groups is 1. The second kappa shape index (κ2) is 3.40. The van der Waals surface area contributed by atoms with Crippen LogP contribution in [0.5, 0.6) is 0 Å². The van der Waals surface area contributed by atoms with E-state index in [0.717, 1.165) is 0 Å². The minimum absolute atomic E-state index is 0.00579. The van der Waals surface area contributed by atoms with Crippen LogP contribution in [0.1, 0.15) is 19.3 Å². The van der Waals surface area contributed by atoms with Gasteiger partial charge >= 0.3 is 5.97 Å². The Labute approximate surface area is 70.8 Å². The van der Waals surface area contributed by atoms with E-state index in [1.54, 1.807) is 0 Å². The summed E-state index contributed by atoms with van der Waals surface area (Å²) >= 11 is 0. The molecule has 0 aromatic rings. The Morgan fingerprint density at radius 1 is 1.50 bits per heavy atom. The Hall–Kier alpha value is -0.620. The van der Waals surface area contributed by atoms with E-state index in [4.69, 9.17) is 5.11 Å². The van der Waals surface area contributed by atoms with Crippen LogP contribution in [0.3, 0.4) is 0 Å². The molecule has 2 N–H and O–H groups in total. The van der Waals surface area contributed by atoms with E-state index < -0.39 is 16.0 Å². The Balaban J connectivity index is 2.26. The number of hydrogen-bond acceptors (Lipinski definition) is 3. The highest BCUT2D eigenvalue weighted by molar-refractivity contribution is 7.90. The van der Waals surface area contributed by atoms with E-state index in [2.05, 4.69) is 4.72 Å². The molecule has 0 radical (unpaired) electrons. The van der Waals surface area contributed by atoms with Crippen LogP contribution in [-0.4, -0.2) is 31.3 Å². The maximum absolute atomic E-state index is 11.1. The average molecular weight is 193 g/mol. The molecule has 0 unspecified atom stereocenters. The number of aliphatic carboxylic acids is 1. The van der Waals surface area contributed by atoms with Crippen molar-refractivity contribution in [2.75, 3.05) is 6.54 Å². The van der Waals surface area contributed by atoms with Crippen LogP contribution in [0, 0.1) is 0 Å². The number of sulfonamides is 1. The predicted molar refractivity (Wildman–Crippen MR) is 42.2 cm³/mol. The van der Waals surface area contributed by atoms with Gasteiger partial charge in [-0.3, -0.25) is 4.79 Å². The third kappa shape index (κ3) is 2.78. The van der Waals surface area contributed by atoms with Crippen molar-refractivity contribution in [3.63, 3.8) is 0 Å². The first-order valence-electron chi connectivity index (χ1n) is 3.72. The highest BCUT2D eigenvalue weighted by Gasteiger charge is 2.35. The quantitative estimate of drug-likeness (QED) is 0.619. The Bertz CT molecular complexity index is 267. The largest absolute Gasteiger partial charge is 0.481 e. The molecule has 12 heavy (non-hydrogen) atoms. The van der Waals surface area contributed by atoms with E-state index in [1.807, 2.05) is 0 Å². The van der Waals surface area contributed by atoms with Gasteiger partial charge in [0, 0.05) is 6.54 Å². The van der Waals surface area contributed by atoms with Crippen LogP contribution in [0.25, 0.3) is 0 Å². The fraction of sp³-hybridized carbons (Fsp3) is 0.833. The molecular weight excluding hydrogens is 182 g/mol. The van der Waals surface area contributed by atoms with E-state index in [1.165, 1.54) is 0 Å². The van der Waals surface area contributed by atoms with Gasteiger partial charge in [-0.05, 0) is 12.8 Å². The maximum atomic E-state index is 11.1. The first kappa shape index (κ1) is 9.47. The van der Waals surface area contributed by atoms with Gasteiger partial charge in [0.15, 0.2) is 0 Å². The molecule has 0 heterocycles. The molecule has 0 aromatic heterocycles. The zero-order valence-electron chi connectivity index (χ0n) is 6.49. The monoisotopic (exact) mass is 193 g/mol. The van der Waals surface area contributed by atoms with Crippen LogP contribution in [0.15, 0.2) is 0 Å². The summed E-state index contributed by atoms with van der Waals surface area (Å²) in [7, 11) is -3.20. The van der Waals surface area contributed by atoms with Crippen molar-refractivity contribution in [1.82, 2.24) is 4.72 Å². The highest BCUT2D eigenvalue weighted by atomic mass is 32.2. The minimum atomic E-state index is -3.20. The SMILES string of the molecule is O=C(O)CCNS(=O)(=O)C1CC1. The second-order valence-corrected chi connectivity index (χ2v) is 4.83. The summed E-state index contributed by atoms with van der Waals surface area (Å²) in [5.74, 6) is -0.992. The summed E-state index contributed by atoms with van der Waals surface area (Å²) in [6.45, 7) is -0.00579. The van der Waals surface area contributed by atoms with Crippen LogP contribution in [-0.2, 0) is 14.8 Å². The standard InChI is InChI=1S/C6H11NO4S/c8-6(9)3-4-7-12(10,11)5-1-2-5/h5,7H,1-4H2,(H,8,9). The third-order valence-corrected chi connectivity index (χ3v) is 3.56. The van der Waals surface area contributed by atoms with Gasteiger partial charge in [-0.15, -0.1) is 0 Å². The Morgan fingerprint density at radius 3 is 2.50 bits per heavy atom. The molecule has 5 nitrogen and oxygen atoms in total. The molecule has 0 spiro atoms. The van der Waals surface area contributed by atoms with Crippen molar-refractivity contribution in [2.24, 2.45) is 0 Å². The van der Waals surface area contributed by atoms with Crippen molar-refractivity contribution in [1.29, 1.82) is 0 Å². The lowest BCUT2D eigenvalue weighted by Gasteiger charge is -2.01. The lowest BCUT2D eigenvalue weighted by Crippen LogP contribution is -2.29. The van der Waals surface area contributed by atoms with E-state index in [-0.39, 0.29) is 18.2 Å². The van der Waals surface area contributed by atoms with Crippen molar-refractivity contribution in [2.45, 2.75) is 24.5 Å². The second-order valence-electron chi connectivity index (χ2n) is 2.78. The molecule has 6 heteroatoms. The number of hydrogen-bond donors (Lipinski definition) is 2. The van der Waals surface area contributed by atoms with Gasteiger partial charge in [-0.25, -0.2) is 13.1 Å². The van der Waals surface area contributed by atoms with Crippen LogP contribution < -0.4 is 4.72 Å². The van der Waals surface area contributed by atoms with Crippen molar-refractivity contribution in [3.8, 4) is 0 Å². The molecule has 0 aromatic carbocycles. The maximum Gasteiger partial charge on any atom is 0.304 e. The molecule has 0 bridgehead atoms.